The van der Waals surface area contributed by atoms with E-state index in [0.29, 0.717) is 11.4 Å². The van der Waals surface area contributed by atoms with Gasteiger partial charge in [-0.2, -0.15) is 0 Å². The first-order chi connectivity index (χ1) is 13.1. The smallest absolute Gasteiger partial charge is 0.256 e. The van der Waals surface area contributed by atoms with E-state index in [9.17, 15) is 4.79 Å². The van der Waals surface area contributed by atoms with Gasteiger partial charge in [-0.05, 0) is 60.0 Å². The monoisotopic (exact) mass is 355 g/mol. The van der Waals surface area contributed by atoms with Gasteiger partial charge in [-0.25, -0.2) is 15.0 Å². The number of anilines is 2. The van der Waals surface area contributed by atoms with Crippen molar-refractivity contribution in [2.75, 3.05) is 11.1 Å². The highest BCUT2D eigenvalue weighted by Gasteiger charge is 2.11. The van der Waals surface area contributed by atoms with Gasteiger partial charge < -0.3 is 11.1 Å². The van der Waals surface area contributed by atoms with Crippen LogP contribution in [-0.2, 0) is 0 Å². The third-order valence-electron chi connectivity index (χ3n) is 4.32. The van der Waals surface area contributed by atoms with Crippen LogP contribution >= 0.6 is 0 Å². The van der Waals surface area contributed by atoms with Gasteiger partial charge in [-0.3, -0.25) is 4.79 Å². The molecule has 3 N–H and O–H groups in total. The highest BCUT2D eigenvalue weighted by atomic mass is 16.1. The van der Waals surface area contributed by atoms with E-state index in [4.69, 9.17) is 5.73 Å². The number of aryl methyl sites for hydroxylation is 1. The summed E-state index contributed by atoms with van der Waals surface area (Å²) in [6, 6.07) is 16.9. The van der Waals surface area contributed by atoms with Crippen LogP contribution in [0.2, 0.25) is 0 Å². The zero-order valence-corrected chi connectivity index (χ0v) is 14.7. The molecule has 6 nitrogen and oxygen atoms in total. The van der Waals surface area contributed by atoms with Crippen molar-refractivity contribution >= 4 is 28.6 Å². The van der Waals surface area contributed by atoms with Crippen molar-refractivity contribution in [3.8, 4) is 11.1 Å². The van der Waals surface area contributed by atoms with Crippen LogP contribution in [0.4, 0.5) is 11.8 Å². The van der Waals surface area contributed by atoms with E-state index in [1.54, 1.807) is 24.5 Å². The molecule has 0 aliphatic heterocycles. The number of carbonyl (C=O) groups is 1. The molecule has 0 radical (unpaired) electrons. The molecule has 6 heteroatoms. The summed E-state index contributed by atoms with van der Waals surface area (Å²) in [5.41, 5.74) is 10.0. The van der Waals surface area contributed by atoms with E-state index in [2.05, 4.69) is 20.3 Å². The van der Waals surface area contributed by atoms with Gasteiger partial charge in [-0.1, -0.05) is 18.2 Å². The molecule has 0 aliphatic carbocycles. The average Bonchev–Trinajstić information content (AvgIpc) is 2.68. The van der Waals surface area contributed by atoms with E-state index in [1.165, 1.54) is 0 Å². The summed E-state index contributed by atoms with van der Waals surface area (Å²) in [6.07, 6.45) is 3.34. The maximum absolute atomic E-state index is 12.6. The van der Waals surface area contributed by atoms with Gasteiger partial charge in [0.1, 0.15) is 5.82 Å². The Labute approximate surface area is 156 Å². The minimum atomic E-state index is -0.202. The Balaban J connectivity index is 1.70. The molecule has 1 amide bonds. The first-order valence-corrected chi connectivity index (χ1v) is 8.46. The number of nitrogen functional groups attached to an aromatic ring is 1. The number of benzene rings is 2. The van der Waals surface area contributed by atoms with Gasteiger partial charge in [0.25, 0.3) is 5.91 Å². The number of pyridine rings is 1. The summed E-state index contributed by atoms with van der Waals surface area (Å²) < 4.78 is 0. The fourth-order valence-electron chi connectivity index (χ4n) is 2.91. The lowest BCUT2D eigenvalue weighted by atomic mass is 9.97. The van der Waals surface area contributed by atoms with Crippen LogP contribution in [0.1, 0.15) is 15.9 Å². The summed E-state index contributed by atoms with van der Waals surface area (Å²) in [5.74, 6) is 0.566. The van der Waals surface area contributed by atoms with E-state index >= 15 is 0 Å². The fraction of sp³-hybridized carbons (Fsp3) is 0.0476. The van der Waals surface area contributed by atoms with Crippen LogP contribution < -0.4 is 11.1 Å². The molecule has 0 unspecified atom stereocenters. The maximum Gasteiger partial charge on any atom is 0.256 e. The van der Waals surface area contributed by atoms with Gasteiger partial charge in [0, 0.05) is 23.3 Å². The molecule has 2 heterocycles. The zero-order chi connectivity index (χ0) is 18.8. The molecule has 27 heavy (non-hydrogen) atoms. The Morgan fingerprint density at radius 1 is 1.04 bits per heavy atom. The Hall–Kier alpha value is -3.80. The maximum atomic E-state index is 12.6. The van der Waals surface area contributed by atoms with Crippen LogP contribution in [0.15, 0.2) is 67.0 Å². The number of nitrogens with two attached hydrogens (primary N) is 1. The summed E-state index contributed by atoms with van der Waals surface area (Å²) in [7, 11) is 0. The van der Waals surface area contributed by atoms with Crippen molar-refractivity contribution in [3.05, 3.63) is 78.1 Å². The second-order valence-electron chi connectivity index (χ2n) is 6.20. The van der Waals surface area contributed by atoms with Crippen molar-refractivity contribution in [1.82, 2.24) is 15.0 Å². The molecule has 132 valence electrons. The van der Waals surface area contributed by atoms with Gasteiger partial charge in [-0.15, -0.1) is 0 Å². The Bertz CT molecular complexity index is 1140. The number of hydrogen-bond donors (Lipinski definition) is 2. The lowest BCUT2D eigenvalue weighted by molar-refractivity contribution is 0.102. The van der Waals surface area contributed by atoms with Gasteiger partial charge >= 0.3 is 0 Å². The molecule has 2 aromatic carbocycles. The number of hydrogen-bond acceptors (Lipinski definition) is 5. The third kappa shape index (κ3) is 3.46. The first-order valence-electron chi connectivity index (χ1n) is 8.46. The van der Waals surface area contributed by atoms with E-state index in [0.717, 1.165) is 27.6 Å². The Kier molecular flexibility index (Phi) is 4.22. The summed E-state index contributed by atoms with van der Waals surface area (Å²) in [6.45, 7) is 2.01. The SMILES string of the molecule is Cc1ccc(C(=O)Nc2ccccn2)cc1-c1ccc2nc(N)ncc2c1. The lowest BCUT2D eigenvalue weighted by Crippen LogP contribution is -2.13. The highest BCUT2D eigenvalue weighted by molar-refractivity contribution is 6.04. The van der Waals surface area contributed by atoms with E-state index < -0.39 is 0 Å². The van der Waals surface area contributed by atoms with Gasteiger partial charge in [0.05, 0.1) is 5.52 Å². The second kappa shape index (κ2) is 6.84. The largest absolute Gasteiger partial charge is 0.368 e. The normalized spacial score (nSPS) is 10.7. The van der Waals surface area contributed by atoms with Crippen LogP contribution in [0.25, 0.3) is 22.0 Å². The number of aromatic nitrogens is 3. The molecule has 0 fully saturated rings. The van der Waals surface area contributed by atoms with Crippen molar-refractivity contribution < 1.29 is 4.79 Å². The van der Waals surface area contributed by atoms with E-state index in [1.807, 2.05) is 49.4 Å². The van der Waals surface area contributed by atoms with Crippen molar-refractivity contribution in [2.45, 2.75) is 6.92 Å². The molecule has 0 spiro atoms. The topological polar surface area (TPSA) is 93.8 Å². The number of nitrogens with one attached hydrogen (secondary N) is 1. The molecule has 4 rings (SSSR count). The number of nitrogens with zero attached hydrogens (tertiary/aromatic N) is 3. The molecular formula is C21H17N5O. The van der Waals surface area contributed by atoms with Gasteiger partial charge in [0.15, 0.2) is 0 Å². The fourth-order valence-corrected chi connectivity index (χ4v) is 2.91. The third-order valence-corrected chi connectivity index (χ3v) is 4.32. The molecule has 0 saturated heterocycles. The molecule has 0 saturated carbocycles. The van der Waals surface area contributed by atoms with Crippen molar-refractivity contribution in [1.29, 1.82) is 0 Å². The van der Waals surface area contributed by atoms with Crippen LogP contribution in [0.5, 0.6) is 0 Å². The number of fused-ring (bicyclic) bond motifs is 1. The predicted molar refractivity (Wildman–Crippen MR) is 106 cm³/mol. The second-order valence-corrected chi connectivity index (χ2v) is 6.20. The lowest BCUT2D eigenvalue weighted by Gasteiger charge is -2.10. The number of amides is 1. The Morgan fingerprint density at radius 3 is 2.74 bits per heavy atom. The number of carbonyl (C=O) groups excluding carboxylic acids is 1. The summed E-state index contributed by atoms with van der Waals surface area (Å²) >= 11 is 0. The molecular weight excluding hydrogens is 338 g/mol. The predicted octanol–water partition coefficient (Wildman–Crippen LogP) is 3.83. The molecule has 0 aliphatic rings. The van der Waals surface area contributed by atoms with Crippen LogP contribution in [0.3, 0.4) is 0 Å². The minimum absolute atomic E-state index is 0.202. The molecule has 0 bridgehead atoms. The quantitative estimate of drug-likeness (QED) is 0.582. The van der Waals surface area contributed by atoms with Gasteiger partial charge in [0.2, 0.25) is 5.95 Å². The first kappa shape index (κ1) is 16.7. The zero-order valence-electron chi connectivity index (χ0n) is 14.7. The van der Waals surface area contributed by atoms with Crippen LogP contribution in [0, 0.1) is 6.92 Å². The Morgan fingerprint density at radius 2 is 1.93 bits per heavy atom. The molecule has 4 aromatic rings. The van der Waals surface area contributed by atoms with Crippen molar-refractivity contribution in [2.24, 2.45) is 0 Å². The summed E-state index contributed by atoms with van der Waals surface area (Å²) in [5, 5.41) is 3.70. The molecule has 0 atom stereocenters. The number of rotatable bonds is 3. The summed E-state index contributed by atoms with van der Waals surface area (Å²) in [4.78, 5) is 25.0. The van der Waals surface area contributed by atoms with E-state index in [-0.39, 0.29) is 11.9 Å². The average molecular weight is 355 g/mol. The van der Waals surface area contributed by atoms with Crippen LogP contribution in [-0.4, -0.2) is 20.9 Å². The highest BCUT2D eigenvalue weighted by Crippen LogP contribution is 2.27. The molecule has 2 aromatic heterocycles. The van der Waals surface area contributed by atoms with Crippen molar-refractivity contribution in [3.63, 3.8) is 0 Å². The standard InChI is InChI=1S/C21H17N5O/c1-13-5-6-15(20(27)26-19-4-2-3-9-23-19)11-17(13)14-7-8-18-16(10-14)12-24-21(22)25-18/h2-12H,1H3,(H2,22,24,25)(H,23,26,27). The minimum Gasteiger partial charge on any atom is -0.368 e.